The Morgan fingerprint density at radius 2 is 1.96 bits per heavy atom. The molecular formula is C19H14F2N4O3. The molecule has 3 N–H and O–H groups in total. The molecule has 3 aromatic rings. The second kappa shape index (κ2) is 6.84. The number of nitrogens with one attached hydrogen (secondary N) is 3. The van der Waals surface area contributed by atoms with Gasteiger partial charge in [0.1, 0.15) is 0 Å². The summed E-state index contributed by atoms with van der Waals surface area (Å²) in [5.74, 6) is -3.28. The molecule has 7 nitrogen and oxygen atoms in total. The van der Waals surface area contributed by atoms with Crippen LogP contribution in [0.4, 0.5) is 14.5 Å². The van der Waals surface area contributed by atoms with E-state index in [0.29, 0.717) is 10.9 Å². The lowest BCUT2D eigenvalue weighted by Gasteiger charge is -2.21. The molecule has 2 heterocycles. The van der Waals surface area contributed by atoms with Crippen molar-refractivity contribution in [3.63, 3.8) is 0 Å². The van der Waals surface area contributed by atoms with E-state index in [1.165, 1.54) is 0 Å². The number of carbonyl (C=O) groups excluding carboxylic acids is 2. The predicted octanol–water partition coefficient (Wildman–Crippen LogP) is 2.02. The molecule has 0 saturated heterocycles. The molecule has 1 aliphatic heterocycles. The lowest BCUT2D eigenvalue weighted by molar-refractivity contribution is -0.116. The molecule has 28 heavy (non-hydrogen) atoms. The molecule has 2 amide bonds. The minimum atomic E-state index is -1.06. The van der Waals surface area contributed by atoms with E-state index in [0.717, 1.165) is 6.07 Å². The Labute approximate surface area is 156 Å². The Kier molecular flexibility index (Phi) is 4.34. The average molecular weight is 384 g/mol. The van der Waals surface area contributed by atoms with Gasteiger partial charge in [-0.05, 0) is 30.2 Å². The minimum Gasteiger partial charge on any atom is -0.345 e. The Hall–Kier alpha value is -3.62. The number of amides is 2. The van der Waals surface area contributed by atoms with Gasteiger partial charge in [0.2, 0.25) is 5.91 Å². The van der Waals surface area contributed by atoms with Gasteiger partial charge in [-0.3, -0.25) is 14.4 Å². The molecular weight excluding hydrogens is 370 g/mol. The number of rotatable bonds is 3. The highest BCUT2D eigenvalue weighted by molar-refractivity contribution is 5.95. The fourth-order valence-electron chi connectivity index (χ4n) is 3.16. The molecule has 0 saturated carbocycles. The molecule has 0 radical (unpaired) electrons. The van der Waals surface area contributed by atoms with Crippen LogP contribution in [0, 0.1) is 11.6 Å². The number of carbonyl (C=O) groups is 2. The average Bonchev–Trinajstić information content (AvgIpc) is 2.69. The predicted molar refractivity (Wildman–Crippen MR) is 96.8 cm³/mol. The van der Waals surface area contributed by atoms with Crippen molar-refractivity contribution in [2.24, 2.45) is 0 Å². The third-order valence-electron chi connectivity index (χ3n) is 4.53. The number of nitrogens with zero attached hydrogens (tertiary/aromatic N) is 1. The van der Waals surface area contributed by atoms with Gasteiger partial charge in [0, 0.05) is 18.5 Å². The number of para-hydroxylation sites is 1. The van der Waals surface area contributed by atoms with Crippen LogP contribution in [-0.4, -0.2) is 21.8 Å². The van der Waals surface area contributed by atoms with Crippen LogP contribution in [0.5, 0.6) is 0 Å². The first-order chi connectivity index (χ1) is 13.4. The zero-order valence-corrected chi connectivity index (χ0v) is 14.4. The zero-order valence-electron chi connectivity index (χ0n) is 14.4. The van der Waals surface area contributed by atoms with Gasteiger partial charge in [0.15, 0.2) is 17.5 Å². The largest absolute Gasteiger partial charge is 0.345 e. The minimum absolute atomic E-state index is 0.0570. The van der Waals surface area contributed by atoms with Gasteiger partial charge in [-0.2, -0.15) is 0 Å². The normalized spacial score (nSPS) is 13.1. The number of hydrogen-bond donors (Lipinski definition) is 3. The molecule has 0 atom stereocenters. The topological polar surface area (TPSA) is 104 Å². The quantitative estimate of drug-likeness (QED) is 0.643. The highest BCUT2D eigenvalue weighted by atomic mass is 19.2. The van der Waals surface area contributed by atoms with E-state index in [4.69, 9.17) is 0 Å². The standard InChI is InChI=1S/C19H14F2N4O3/c20-12-7-9(16-11(15(12)21)5-6-14(26)24-16)8-22-19(28)17-23-13-4-2-1-3-10(13)18(27)25-17/h1-4,7H,5-6,8H2,(H,22,28)(H,24,26)(H,23,25,27). The number of fused-ring (bicyclic) bond motifs is 2. The highest BCUT2D eigenvalue weighted by Crippen LogP contribution is 2.31. The second-order valence-corrected chi connectivity index (χ2v) is 6.35. The van der Waals surface area contributed by atoms with Crippen molar-refractivity contribution in [1.82, 2.24) is 15.3 Å². The van der Waals surface area contributed by atoms with Crippen LogP contribution in [0.2, 0.25) is 0 Å². The van der Waals surface area contributed by atoms with Crippen LogP contribution in [0.1, 0.15) is 28.2 Å². The highest BCUT2D eigenvalue weighted by Gasteiger charge is 2.24. The third-order valence-corrected chi connectivity index (χ3v) is 4.53. The first kappa shape index (κ1) is 17.8. The van der Waals surface area contributed by atoms with Crippen molar-refractivity contribution >= 4 is 28.4 Å². The Morgan fingerprint density at radius 1 is 1.18 bits per heavy atom. The van der Waals surface area contributed by atoms with E-state index in [1.54, 1.807) is 24.3 Å². The summed E-state index contributed by atoms with van der Waals surface area (Å²) in [5.41, 5.74) is 0.344. The Morgan fingerprint density at radius 3 is 2.79 bits per heavy atom. The van der Waals surface area contributed by atoms with Gasteiger partial charge >= 0.3 is 0 Å². The van der Waals surface area contributed by atoms with Gasteiger partial charge in [-0.25, -0.2) is 13.8 Å². The molecule has 142 valence electrons. The maximum absolute atomic E-state index is 14.0. The SMILES string of the molecule is O=C1CCc2c(F)c(F)cc(CNC(=O)c3nc4ccccc4c(=O)[nH]3)c2N1. The number of H-pyrrole nitrogens is 1. The van der Waals surface area contributed by atoms with E-state index >= 15 is 0 Å². The van der Waals surface area contributed by atoms with Crippen molar-refractivity contribution in [2.45, 2.75) is 19.4 Å². The van der Waals surface area contributed by atoms with Gasteiger partial charge in [-0.15, -0.1) is 0 Å². The maximum atomic E-state index is 14.0. The number of benzene rings is 2. The van der Waals surface area contributed by atoms with Crippen molar-refractivity contribution in [3.05, 3.63) is 69.3 Å². The van der Waals surface area contributed by atoms with Crippen LogP contribution >= 0.6 is 0 Å². The van der Waals surface area contributed by atoms with Gasteiger partial charge in [0.25, 0.3) is 11.5 Å². The van der Waals surface area contributed by atoms with E-state index in [9.17, 15) is 23.2 Å². The van der Waals surface area contributed by atoms with Crippen molar-refractivity contribution in [2.75, 3.05) is 5.32 Å². The summed E-state index contributed by atoms with van der Waals surface area (Å²) < 4.78 is 27.9. The maximum Gasteiger partial charge on any atom is 0.287 e. The Bertz CT molecular complexity index is 1190. The van der Waals surface area contributed by atoms with E-state index in [2.05, 4.69) is 20.6 Å². The van der Waals surface area contributed by atoms with Gasteiger partial charge in [0.05, 0.1) is 16.6 Å². The lowest BCUT2D eigenvalue weighted by atomic mass is 9.98. The first-order valence-electron chi connectivity index (χ1n) is 8.51. The summed E-state index contributed by atoms with van der Waals surface area (Å²) >= 11 is 0. The molecule has 4 rings (SSSR count). The molecule has 1 aromatic heterocycles. The van der Waals surface area contributed by atoms with Gasteiger partial charge < -0.3 is 15.6 Å². The molecule has 9 heteroatoms. The molecule has 0 aliphatic carbocycles. The fraction of sp³-hybridized carbons (Fsp3) is 0.158. The smallest absolute Gasteiger partial charge is 0.287 e. The summed E-state index contributed by atoms with van der Waals surface area (Å²) in [7, 11) is 0. The zero-order chi connectivity index (χ0) is 19.8. The first-order valence-corrected chi connectivity index (χ1v) is 8.51. The summed E-state index contributed by atoms with van der Waals surface area (Å²) in [6.45, 7) is -0.185. The van der Waals surface area contributed by atoms with Crippen molar-refractivity contribution in [1.29, 1.82) is 0 Å². The second-order valence-electron chi connectivity index (χ2n) is 6.35. The van der Waals surface area contributed by atoms with E-state index < -0.39 is 23.1 Å². The summed E-state index contributed by atoms with van der Waals surface area (Å²) in [6, 6.07) is 7.48. The lowest BCUT2D eigenvalue weighted by Crippen LogP contribution is -2.29. The molecule has 0 fully saturated rings. The number of aromatic amines is 1. The van der Waals surface area contributed by atoms with Crippen LogP contribution in [0.3, 0.4) is 0 Å². The summed E-state index contributed by atoms with van der Waals surface area (Å²) in [5, 5.41) is 5.37. The third kappa shape index (κ3) is 3.11. The van der Waals surface area contributed by atoms with Gasteiger partial charge in [-0.1, -0.05) is 12.1 Å². The van der Waals surface area contributed by atoms with E-state index in [-0.39, 0.29) is 47.9 Å². The van der Waals surface area contributed by atoms with Crippen LogP contribution < -0.4 is 16.2 Å². The van der Waals surface area contributed by atoms with Crippen molar-refractivity contribution in [3.8, 4) is 0 Å². The molecule has 2 aromatic carbocycles. The summed E-state index contributed by atoms with van der Waals surface area (Å²) in [4.78, 5) is 42.6. The summed E-state index contributed by atoms with van der Waals surface area (Å²) in [6.07, 6.45) is 0.132. The molecule has 0 bridgehead atoms. The van der Waals surface area contributed by atoms with Crippen molar-refractivity contribution < 1.29 is 18.4 Å². The number of hydrogen-bond acceptors (Lipinski definition) is 4. The molecule has 0 unspecified atom stereocenters. The van der Waals surface area contributed by atoms with E-state index in [1.807, 2.05) is 0 Å². The fourth-order valence-corrected chi connectivity index (χ4v) is 3.16. The Balaban J connectivity index is 1.62. The molecule has 1 aliphatic rings. The molecule has 0 spiro atoms. The van der Waals surface area contributed by atoms with Crippen LogP contribution in [0.15, 0.2) is 35.1 Å². The number of aromatic nitrogens is 2. The number of anilines is 1. The monoisotopic (exact) mass is 384 g/mol. The van der Waals surface area contributed by atoms with Crippen LogP contribution in [-0.2, 0) is 17.8 Å². The van der Waals surface area contributed by atoms with Crippen LogP contribution in [0.25, 0.3) is 10.9 Å². The number of halogens is 2.